The minimum Gasteiger partial charge on any atom is -1.00 e. The maximum absolute atomic E-state index is 12.9. The van der Waals surface area contributed by atoms with Crippen LogP contribution in [0.25, 0.3) is 0 Å². The van der Waals surface area contributed by atoms with Crippen LogP contribution in [-0.4, -0.2) is 50.3 Å². The summed E-state index contributed by atoms with van der Waals surface area (Å²) in [6, 6.07) is 4.28. The van der Waals surface area contributed by atoms with E-state index in [2.05, 4.69) is 18.7 Å². The number of rotatable bonds is 6. The van der Waals surface area contributed by atoms with E-state index >= 15 is 0 Å². The standard InChI is InChI=1S/C18H27F3N2O2S.ClH/c1-14(2)7-10-22(3)16-8-11-23(12-9-16)26(24,25)17-6-4-5-15(13-17)18(19,20)21;/h4-6,13-14,16H,7-12H2,1-3H3;1H/p-1. The van der Waals surface area contributed by atoms with E-state index in [-0.39, 0.29) is 17.3 Å². The van der Waals surface area contributed by atoms with Crippen LogP contribution in [-0.2, 0) is 16.2 Å². The number of alkyl halides is 3. The topological polar surface area (TPSA) is 40.6 Å². The molecule has 0 N–H and O–H groups in total. The van der Waals surface area contributed by atoms with Gasteiger partial charge in [-0.3, -0.25) is 0 Å². The van der Waals surface area contributed by atoms with Crippen LogP contribution in [0.5, 0.6) is 0 Å². The molecule has 0 aromatic heterocycles. The van der Waals surface area contributed by atoms with E-state index < -0.39 is 21.8 Å². The van der Waals surface area contributed by atoms with Crippen LogP contribution in [0.15, 0.2) is 29.2 Å². The second-order valence-corrected chi connectivity index (χ2v) is 9.26. The maximum atomic E-state index is 12.9. The Bertz CT molecular complexity index is 703. The zero-order valence-corrected chi connectivity index (χ0v) is 17.4. The first-order valence-corrected chi connectivity index (χ1v) is 10.3. The molecule has 0 atom stereocenters. The van der Waals surface area contributed by atoms with Crippen LogP contribution in [0.3, 0.4) is 0 Å². The van der Waals surface area contributed by atoms with Crippen molar-refractivity contribution in [2.24, 2.45) is 5.92 Å². The van der Waals surface area contributed by atoms with Crippen molar-refractivity contribution in [3.63, 3.8) is 0 Å². The smallest absolute Gasteiger partial charge is 0.416 e. The van der Waals surface area contributed by atoms with E-state index in [0.29, 0.717) is 37.9 Å². The fraction of sp³-hybridized carbons (Fsp3) is 0.667. The van der Waals surface area contributed by atoms with E-state index in [0.717, 1.165) is 31.2 Å². The van der Waals surface area contributed by atoms with E-state index in [1.807, 2.05) is 7.05 Å². The first-order valence-electron chi connectivity index (χ1n) is 8.89. The predicted octanol–water partition coefficient (Wildman–Crippen LogP) is 0.840. The Morgan fingerprint density at radius 2 is 1.81 bits per heavy atom. The molecule has 1 heterocycles. The van der Waals surface area contributed by atoms with E-state index in [1.54, 1.807) is 0 Å². The SMILES string of the molecule is CC(C)CCN(C)C1CCN(S(=O)(=O)c2cccc(C(F)(F)F)c2)CC1.[Cl-]. The van der Waals surface area contributed by atoms with Gasteiger partial charge in [-0.25, -0.2) is 8.42 Å². The van der Waals surface area contributed by atoms with Crippen LogP contribution >= 0.6 is 0 Å². The van der Waals surface area contributed by atoms with Crippen molar-refractivity contribution in [1.29, 1.82) is 0 Å². The number of hydrogen-bond donors (Lipinski definition) is 0. The Hall–Kier alpha value is -0.830. The second-order valence-electron chi connectivity index (χ2n) is 7.32. The average Bonchev–Trinajstić information content (AvgIpc) is 2.59. The van der Waals surface area contributed by atoms with Crippen molar-refractivity contribution >= 4 is 10.0 Å². The number of sulfonamides is 1. The van der Waals surface area contributed by atoms with Gasteiger partial charge in [0.15, 0.2) is 0 Å². The molecule has 1 aliphatic rings. The molecule has 1 fully saturated rings. The number of nitrogens with zero attached hydrogens (tertiary/aromatic N) is 2. The Morgan fingerprint density at radius 3 is 2.33 bits per heavy atom. The molecule has 1 aliphatic heterocycles. The fourth-order valence-corrected chi connectivity index (χ4v) is 4.67. The summed E-state index contributed by atoms with van der Waals surface area (Å²) in [6.07, 6.45) is -2.10. The van der Waals surface area contributed by atoms with Gasteiger partial charge in [0.05, 0.1) is 10.5 Å². The Labute approximate surface area is 166 Å². The van der Waals surface area contributed by atoms with Crippen molar-refractivity contribution in [2.75, 3.05) is 26.7 Å². The summed E-state index contributed by atoms with van der Waals surface area (Å²) in [5.74, 6) is 0.610. The lowest BCUT2D eigenvalue weighted by Gasteiger charge is -2.36. The molecule has 4 nitrogen and oxygen atoms in total. The van der Waals surface area contributed by atoms with Gasteiger partial charge in [-0.1, -0.05) is 19.9 Å². The summed E-state index contributed by atoms with van der Waals surface area (Å²) >= 11 is 0. The molecule has 0 bridgehead atoms. The van der Waals surface area contributed by atoms with Gasteiger partial charge in [0.1, 0.15) is 0 Å². The van der Waals surface area contributed by atoms with Gasteiger partial charge in [0.25, 0.3) is 0 Å². The second kappa shape index (κ2) is 9.58. The van der Waals surface area contributed by atoms with Gasteiger partial charge in [-0.15, -0.1) is 0 Å². The molecule has 27 heavy (non-hydrogen) atoms. The van der Waals surface area contributed by atoms with E-state index in [1.165, 1.54) is 10.4 Å². The molecular formula is C18H27ClF3N2O2S-. The summed E-state index contributed by atoms with van der Waals surface area (Å²) in [5, 5.41) is 0. The van der Waals surface area contributed by atoms with Crippen LogP contribution < -0.4 is 12.4 Å². The largest absolute Gasteiger partial charge is 1.00 e. The average molecular weight is 428 g/mol. The highest BCUT2D eigenvalue weighted by molar-refractivity contribution is 7.89. The van der Waals surface area contributed by atoms with Gasteiger partial charge in [0, 0.05) is 19.1 Å². The first kappa shape index (κ1) is 24.2. The highest BCUT2D eigenvalue weighted by Crippen LogP contribution is 2.31. The van der Waals surface area contributed by atoms with E-state index in [4.69, 9.17) is 0 Å². The van der Waals surface area contributed by atoms with Crippen molar-refractivity contribution in [2.45, 2.75) is 50.2 Å². The van der Waals surface area contributed by atoms with Crippen molar-refractivity contribution in [3.05, 3.63) is 29.8 Å². The minimum atomic E-state index is -4.56. The van der Waals surface area contributed by atoms with Crippen molar-refractivity contribution in [3.8, 4) is 0 Å². The lowest BCUT2D eigenvalue weighted by Crippen LogP contribution is -3.00. The predicted molar refractivity (Wildman–Crippen MR) is 95.3 cm³/mol. The summed E-state index contributed by atoms with van der Waals surface area (Å²) < 4.78 is 65.3. The van der Waals surface area contributed by atoms with Crippen LogP contribution in [0, 0.1) is 5.92 Å². The molecule has 1 saturated heterocycles. The quantitative estimate of drug-likeness (QED) is 0.675. The van der Waals surface area contributed by atoms with Gasteiger partial charge in [0.2, 0.25) is 10.0 Å². The monoisotopic (exact) mass is 427 g/mol. The molecule has 156 valence electrons. The summed E-state index contributed by atoms with van der Waals surface area (Å²) in [4.78, 5) is 1.97. The fourth-order valence-electron chi connectivity index (χ4n) is 3.15. The zero-order valence-electron chi connectivity index (χ0n) is 15.8. The third kappa shape index (κ3) is 6.34. The number of piperidine rings is 1. The Kier molecular flexibility index (Phi) is 8.59. The van der Waals surface area contributed by atoms with Crippen LogP contribution in [0.1, 0.15) is 38.7 Å². The normalized spacial score (nSPS) is 17.3. The Balaban J connectivity index is 0.00000364. The molecule has 0 aliphatic carbocycles. The molecule has 0 unspecified atom stereocenters. The van der Waals surface area contributed by atoms with Gasteiger partial charge >= 0.3 is 6.18 Å². The highest BCUT2D eigenvalue weighted by Gasteiger charge is 2.34. The van der Waals surface area contributed by atoms with Gasteiger partial charge in [-0.2, -0.15) is 17.5 Å². The number of benzene rings is 1. The third-order valence-corrected chi connectivity index (χ3v) is 6.80. The summed E-state index contributed by atoms with van der Waals surface area (Å²) in [6.45, 7) is 5.95. The van der Waals surface area contributed by atoms with Crippen LogP contribution in [0.2, 0.25) is 0 Å². The molecule has 0 saturated carbocycles. The van der Waals surface area contributed by atoms with Crippen LogP contribution in [0.4, 0.5) is 13.2 Å². The molecule has 2 rings (SSSR count). The van der Waals surface area contributed by atoms with Crippen molar-refractivity contribution < 1.29 is 34.0 Å². The van der Waals surface area contributed by atoms with Crippen molar-refractivity contribution in [1.82, 2.24) is 9.21 Å². The molecule has 9 heteroatoms. The molecule has 1 aromatic carbocycles. The first-order chi connectivity index (χ1) is 12.0. The zero-order chi connectivity index (χ0) is 19.5. The summed E-state index contributed by atoms with van der Waals surface area (Å²) in [7, 11) is -1.86. The Morgan fingerprint density at radius 1 is 1.22 bits per heavy atom. The number of halogens is 4. The third-order valence-electron chi connectivity index (χ3n) is 4.91. The lowest BCUT2D eigenvalue weighted by molar-refractivity contribution is -0.137. The van der Waals surface area contributed by atoms with Gasteiger partial charge in [-0.05, 0) is 57.0 Å². The lowest BCUT2D eigenvalue weighted by atomic mass is 10.0. The van der Waals surface area contributed by atoms with E-state index in [9.17, 15) is 21.6 Å². The van der Waals surface area contributed by atoms with Gasteiger partial charge < -0.3 is 17.3 Å². The maximum Gasteiger partial charge on any atom is 0.416 e. The molecule has 0 spiro atoms. The molecular weight excluding hydrogens is 401 g/mol. The summed E-state index contributed by atoms with van der Waals surface area (Å²) in [5.41, 5.74) is -0.943. The molecule has 0 amide bonds. The highest BCUT2D eigenvalue weighted by atomic mass is 35.5. The minimum absolute atomic E-state index is 0. The molecule has 0 radical (unpaired) electrons. The number of hydrogen-bond acceptors (Lipinski definition) is 3. The molecule has 1 aromatic rings.